The summed E-state index contributed by atoms with van der Waals surface area (Å²) < 4.78 is 16.0. The molecule has 178 valence electrons. The molecular weight excluding hydrogens is 435 g/mol. The first-order chi connectivity index (χ1) is 16.2. The highest BCUT2D eigenvalue weighted by atomic mass is 19.1. The average molecular weight is 465 g/mol. The second-order valence-electron chi connectivity index (χ2n) is 10.2. The molecule has 1 unspecified atom stereocenters. The summed E-state index contributed by atoms with van der Waals surface area (Å²) in [5.41, 5.74) is 0.420. The van der Waals surface area contributed by atoms with Gasteiger partial charge in [-0.25, -0.2) is 4.39 Å². The van der Waals surface area contributed by atoms with Crippen LogP contribution in [0.4, 0.5) is 4.39 Å². The van der Waals surface area contributed by atoms with Crippen LogP contribution in [0.5, 0.6) is 0 Å². The third kappa shape index (κ3) is 3.80. The third-order valence-electron chi connectivity index (χ3n) is 7.49. The van der Waals surface area contributed by atoms with E-state index in [1.807, 2.05) is 32.2 Å². The molecule has 0 aliphatic carbocycles. The zero-order chi connectivity index (χ0) is 24.1. The molecule has 34 heavy (non-hydrogen) atoms. The number of likely N-dealkylation sites (tertiary alicyclic amines) is 1. The minimum absolute atomic E-state index is 0.240. The molecule has 5 rings (SSSR count). The van der Waals surface area contributed by atoms with Crippen LogP contribution in [0.2, 0.25) is 0 Å². The lowest BCUT2D eigenvalue weighted by Gasteiger charge is -2.50. The number of imide groups is 1. The van der Waals surface area contributed by atoms with Gasteiger partial charge in [0.05, 0.1) is 17.0 Å². The van der Waals surface area contributed by atoms with E-state index in [2.05, 4.69) is 20.2 Å². The van der Waals surface area contributed by atoms with Gasteiger partial charge in [-0.2, -0.15) is 0 Å². The summed E-state index contributed by atoms with van der Waals surface area (Å²) in [6.07, 6.45) is 4.46. The highest BCUT2D eigenvalue weighted by Crippen LogP contribution is 2.48. The molecule has 8 heteroatoms. The van der Waals surface area contributed by atoms with E-state index in [1.54, 1.807) is 24.4 Å². The number of amides is 2. The molecule has 2 saturated heterocycles. The molecule has 2 aliphatic heterocycles. The monoisotopic (exact) mass is 464 g/mol. The summed E-state index contributed by atoms with van der Waals surface area (Å²) in [5.74, 6) is -1.74. The fraction of sp³-hybridized carbons (Fsp3) is 0.423. The Morgan fingerprint density at radius 1 is 1.26 bits per heavy atom. The first kappa shape index (κ1) is 22.7. The van der Waals surface area contributed by atoms with Crippen molar-refractivity contribution in [3.8, 4) is 0 Å². The molecule has 4 heterocycles. The number of hydrogen-bond acceptors (Lipinski definition) is 5. The highest BCUT2D eigenvalue weighted by molar-refractivity contribution is 6.01. The van der Waals surface area contributed by atoms with Gasteiger partial charge in [0.25, 0.3) is 0 Å². The molecule has 2 atom stereocenters. The van der Waals surface area contributed by atoms with Crippen molar-refractivity contribution in [2.45, 2.75) is 51.2 Å². The second-order valence-corrected chi connectivity index (χ2v) is 10.2. The number of aliphatic hydroxyl groups is 1. The molecule has 2 fully saturated rings. The minimum Gasteiger partial charge on any atom is -0.384 e. The van der Waals surface area contributed by atoms with Gasteiger partial charge < -0.3 is 10.1 Å². The molecule has 7 nitrogen and oxygen atoms in total. The topological polar surface area (TPSA) is 98.3 Å². The number of pyridine rings is 1. The van der Waals surface area contributed by atoms with Crippen molar-refractivity contribution in [1.29, 1.82) is 0 Å². The van der Waals surface area contributed by atoms with Crippen LogP contribution in [0.3, 0.4) is 0 Å². The number of rotatable bonds is 4. The first-order valence-electron chi connectivity index (χ1n) is 11.7. The van der Waals surface area contributed by atoms with E-state index < -0.39 is 22.8 Å². The lowest BCUT2D eigenvalue weighted by Crippen LogP contribution is -2.55. The van der Waals surface area contributed by atoms with Gasteiger partial charge in [-0.1, -0.05) is 19.9 Å². The fourth-order valence-corrected chi connectivity index (χ4v) is 5.47. The predicted octanol–water partition coefficient (Wildman–Crippen LogP) is 3.34. The van der Waals surface area contributed by atoms with Gasteiger partial charge in [0.2, 0.25) is 11.8 Å². The smallest absolute Gasteiger partial charge is 0.234 e. The largest absolute Gasteiger partial charge is 0.384 e. The van der Waals surface area contributed by atoms with Gasteiger partial charge in [-0.3, -0.25) is 24.8 Å². The van der Waals surface area contributed by atoms with Crippen molar-refractivity contribution in [3.05, 3.63) is 65.4 Å². The number of halogens is 1. The maximum atomic E-state index is 16.0. The van der Waals surface area contributed by atoms with Crippen LogP contribution >= 0.6 is 0 Å². The predicted molar refractivity (Wildman–Crippen MR) is 125 cm³/mol. The first-order valence-corrected chi connectivity index (χ1v) is 11.7. The Labute approximate surface area is 197 Å². The quantitative estimate of drug-likeness (QED) is 0.515. The lowest BCUT2D eigenvalue weighted by atomic mass is 9.66. The van der Waals surface area contributed by atoms with Crippen molar-refractivity contribution in [2.24, 2.45) is 5.41 Å². The standard InChI is InChI=1S/C26H29FN4O3/c1-25(2)15-31(14-17-4-3-10-28-17)11-9-26(25,34)20-6-7-21-19(23(20)27)12-16(13-29-21)18-5-8-22(32)30-24(18)33/h3-4,6-7,10,12-13,18,28,34H,5,8-9,11,14-15H2,1-2H3,(H,30,32,33)/t18?,26-/m1/s1. The van der Waals surface area contributed by atoms with Crippen molar-refractivity contribution in [2.75, 3.05) is 13.1 Å². The van der Waals surface area contributed by atoms with Crippen molar-refractivity contribution in [1.82, 2.24) is 20.2 Å². The van der Waals surface area contributed by atoms with E-state index >= 15 is 4.39 Å². The average Bonchev–Trinajstić information content (AvgIpc) is 3.29. The summed E-state index contributed by atoms with van der Waals surface area (Å²) in [4.78, 5) is 33.7. The van der Waals surface area contributed by atoms with E-state index in [1.165, 1.54) is 0 Å². The molecule has 0 spiro atoms. The second kappa shape index (κ2) is 8.29. The van der Waals surface area contributed by atoms with Crippen LogP contribution in [0.1, 0.15) is 55.8 Å². The molecule has 2 aromatic heterocycles. The lowest BCUT2D eigenvalue weighted by molar-refractivity contribution is -0.134. The van der Waals surface area contributed by atoms with Gasteiger partial charge in [0.15, 0.2) is 0 Å². The van der Waals surface area contributed by atoms with Crippen LogP contribution in [0, 0.1) is 11.2 Å². The SMILES string of the molecule is CC1(C)CN(Cc2ccc[nH]2)CC[C@@]1(O)c1ccc2ncc(C3CCC(=O)NC3=O)cc2c1F. The zero-order valence-corrected chi connectivity index (χ0v) is 19.4. The summed E-state index contributed by atoms with van der Waals surface area (Å²) >= 11 is 0. The number of carbonyl (C=O) groups is 2. The number of piperidine rings is 2. The Morgan fingerprint density at radius 3 is 2.79 bits per heavy atom. The Morgan fingerprint density at radius 2 is 2.09 bits per heavy atom. The van der Waals surface area contributed by atoms with E-state index in [0.717, 1.165) is 12.2 Å². The van der Waals surface area contributed by atoms with E-state index in [9.17, 15) is 14.7 Å². The Kier molecular flexibility index (Phi) is 5.53. The molecule has 1 aromatic carbocycles. The maximum absolute atomic E-state index is 16.0. The number of benzene rings is 1. The number of aromatic nitrogens is 2. The summed E-state index contributed by atoms with van der Waals surface area (Å²) in [5, 5.41) is 14.5. The normalized spacial score (nSPS) is 25.5. The van der Waals surface area contributed by atoms with E-state index in [4.69, 9.17) is 0 Å². The Bertz CT molecular complexity index is 1260. The zero-order valence-electron chi connectivity index (χ0n) is 19.4. The van der Waals surface area contributed by atoms with Crippen LogP contribution in [0.25, 0.3) is 10.9 Å². The number of nitrogens with zero attached hydrogens (tertiary/aromatic N) is 2. The van der Waals surface area contributed by atoms with E-state index in [-0.39, 0.29) is 29.2 Å². The number of carbonyl (C=O) groups excluding carboxylic acids is 2. The maximum Gasteiger partial charge on any atom is 0.234 e. The van der Waals surface area contributed by atoms with Gasteiger partial charge in [0.1, 0.15) is 5.82 Å². The third-order valence-corrected chi connectivity index (χ3v) is 7.49. The Hall–Kier alpha value is -3.10. The highest BCUT2D eigenvalue weighted by Gasteiger charge is 2.50. The number of nitrogens with one attached hydrogen (secondary N) is 2. The molecule has 0 bridgehead atoms. The van der Waals surface area contributed by atoms with Crippen molar-refractivity contribution < 1.29 is 19.1 Å². The van der Waals surface area contributed by atoms with Gasteiger partial charge >= 0.3 is 0 Å². The molecule has 2 amide bonds. The number of hydrogen-bond donors (Lipinski definition) is 3. The van der Waals surface area contributed by atoms with Gasteiger partial charge in [-0.15, -0.1) is 0 Å². The van der Waals surface area contributed by atoms with Crippen LogP contribution in [0.15, 0.2) is 42.7 Å². The molecule has 2 aliphatic rings. The molecular formula is C26H29FN4O3. The van der Waals surface area contributed by atoms with Gasteiger partial charge in [0, 0.05) is 60.5 Å². The van der Waals surface area contributed by atoms with Crippen LogP contribution < -0.4 is 5.32 Å². The van der Waals surface area contributed by atoms with Crippen molar-refractivity contribution >= 4 is 22.7 Å². The van der Waals surface area contributed by atoms with Gasteiger partial charge in [-0.05, 0) is 42.7 Å². The molecule has 0 saturated carbocycles. The summed E-state index contributed by atoms with van der Waals surface area (Å²) in [6.45, 7) is 5.91. The van der Waals surface area contributed by atoms with Crippen LogP contribution in [-0.4, -0.2) is 44.9 Å². The fourth-order valence-electron chi connectivity index (χ4n) is 5.47. The summed E-state index contributed by atoms with van der Waals surface area (Å²) in [7, 11) is 0. The molecule has 0 radical (unpaired) electrons. The van der Waals surface area contributed by atoms with Crippen molar-refractivity contribution in [3.63, 3.8) is 0 Å². The molecule has 3 aromatic rings. The number of fused-ring (bicyclic) bond motifs is 1. The number of aromatic amines is 1. The van der Waals surface area contributed by atoms with Crippen LogP contribution in [-0.2, 0) is 21.7 Å². The summed E-state index contributed by atoms with van der Waals surface area (Å²) in [6, 6.07) is 8.99. The molecule has 3 N–H and O–H groups in total. The minimum atomic E-state index is -1.36. The Balaban J connectivity index is 1.47. The van der Waals surface area contributed by atoms with E-state index in [0.29, 0.717) is 37.0 Å². The number of H-pyrrole nitrogens is 1.